The van der Waals surface area contributed by atoms with Gasteiger partial charge in [-0.3, -0.25) is 9.59 Å². The fourth-order valence-electron chi connectivity index (χ4n) is 2.14. The van der Waals surface area contributed by atoms with Gasteiger partial charge < -0.3 is 10.6 Å². The van der Waals surface area contributed by atoms with E-state index in [-0.39, 0.29) is 11.8 Å². The SMILES string of the molecule is CCCCCCCCC(=O)Nc1ccc(C(=O)NC)cc1. The summed E-state index contributed by atoms with van der Waals surface area (Å²) in [5, 5.41) is 5.42. The van der Waals surface area contributed by atoms with Gasteiger partial charge in [0.25, 0.3) is 5.91 Å². The molecule has 0 aromatic heterocycles. The lowest BCUT2D eigenvalue weighted by atomic mass is 10.1. The smallest absolute Gasteiger partial charge is 0.251 e. The van der Waals surface area contributed by atoms with Crippen LogP contribution in [0.4, 0.5) is 5.69 Å². The molecule has 1 rings (SSSR count). The predicted molar refractivity (Wildman–Crippen MR) is 86.5 cm³/mol. The van der Waals surface area contributed by atoms with E-state index in [0.717, 1.165) is 18.5 Å². The van der Waals surface area contributed by atoms with Crippen LogP contribution in [0.2, 0.25) is 0 Å². The number of carbonyl (C=O) groups excluding carboxylic acids is 2. The Balaban J connectivity index is 2.26. The number of hydrogen-bond acceptors (Lipinski definition) is 2. The Hall–Kier alpha value is -1.84. The monoisotopic (exact) mass is 290 g/mol. The van der Waals surface area contributed by atoms with Crippen molar-refractivity contribution < 1.29 is 9.59 Å². The second kappa shape index (κ2) is 9.97. The maximum absolute atomic E-state index is 11.8. The predicted octanol–water partition coefficient (Wildman–Crippen LogP) is 3.74. The van der Waals surface area contributed by atoms with Crippen LogP contribution >= 0.6 is 0 Å². The van der Waals surface area contributed by atoms with Gasteiger partial charge in [0.2, 0.25) is 5.91 Å². The number of carbonyl (C=O) groups is 2. The van der Waals surface area contributed by atoms with Crippen LogP contribution in [-0.4, -0.2) is 18.9 Å². The first-order valence-corrected chi connectivity index (χ1v) is 7.79. The van der Waals surface area contributed by atoms with Crippen molar-refractivity contribution in [3.05, 3.63) is 29.8 Å². The highest BCUT2D eigenvalue weighted by atomic mass is 16.2. The second-order valence-corrected chi connectivity index (χ2v) is 5.22. The third-order valence-corrected chi connectivity index (χ3v) is 3.42. The van der Waals surface area contributed by atoms with Gasteiger partial charge in [-0.05, 0) is 30.7 Å². The molecule has 4 nitrogen and oxygen atoms in total. The lowest BCUT2D eigenvalue weighted by Crippen LogP contribution is -2.17. The number of benzene rings is 1. The molecule has 0 fully saturated rings. The zero-order chi connectivity index (χ0) is 15.5. The molecule has 4 heteroatoms. The van der Waals surface area contributed by atoms with Crippen molar-refractivity contribution >= 4 is 17.5 Å². The summed E-state index contributed by atoms with van der Waals surface area (Å²) >= 11 is 0. The molecule has 0 aliphatic carbocycles. The first kappa shape index (κ1) is 17.2. The average Bonchev–Trinajstić information content (AvgIpc) is 2.50. The van der Waals surface area contributed by atoms with E-state index in [1.54, 1.807) is 31.3 Å². The van der Waals surface area contributed by atoms with Gasteiger partial charge in [-0.15, -0.1) is 0 Å². The molecule has 0 saturated heterocycles. The molecule has 2 amide bonds. The first-order valence-electron chi connectivity index (χ1n) is 7.79. The van der Waals surface area contributed by atoms with E-state index in [4.69, 9.17) is 0 Å². The first-order chi connectivity index (χ1) is 10.2. The molecule has 1 aromatic carbocycles. The van der Waals surface area contributed by atoms with Crippen molar-refractivity contribution in [3.8, 4) is 0 Å². The van der Waals surface area contributed by atoms with Gasteiger partial charge >= 0.3 is 0 Å². The van der Waals surface area contributed by atoms with Crippen LogP contribution in [0.25, 0.3) is 0 Å². The standard InChI is InChI=1S/C17H26N2O2/c1-3-4-5-6-7-8-9-16(20)19-15-12-10-14(11-13-15)17(21)18-2/h10-13H,3-9H2,1-2H3,(H,18,21)(H,19,20). The summed E-state index contributed by atoms with van der Waals surface area (Å²) in [5.74, 6) is -0.0851. The highest BCUT2D eigenvalue weighted by Gasteiger charge is 2.05. The summed E-state index contributed by atoms with van der Waals surface area (Å²) in [6.45, 7) is 2.20. The van der Waals surface area contributed by atoms with Crippen molar-refractivity contribution in [2.45, 2.75) is 51.9 Å². The second-order valence-electron chi connectivity index (χ2n) is 5.22. The molecule has 21 heavy (non-hydrogen) atoms. The molecule has 116 valence electrons. The topological polar surface area (TPSA) is 58.2 Å². The molecule has 0 heterocycles. The summed E-state index contributed by atoms with van der Waals surface area (Å²) < 4.78 is 0. The largest absolute Gasteiger partial charge is 0.355 e. The van der Waals surface area contributed by atoms with E-state index < -0.39 is 0 Å². The number of rotatable bonds is 9. The molecule has 0 saturated carbocycles. The molecule has 0 unspecified atom stereocenters. The Labute approximate surface area is 127 Å². The fourth-order valence-corrected chi connectivity index (χ4v) is 2.14. The van der Waals surface area contributed by atoms with Crippen molar-refractivity contribution in [3.63, 3.8) is 0 Å². The quantitative estimate of drug-likeness (QED) is 0.681. The zero-order valence-electron chi connectivity index (χ0n) is 13.1. The van der Waals surface area contributed by atoms with Crippen molar-refractivity contribution in [1.82, 2.24) is 5.32 Å². The Kier molecular flexibility index (Phi) is 8.17. The summed E-state index contributed by atoms with van der Waals surface area (Å²) in [5.41, 5.74) is 1.32. The highest BCUT2D eigenvalue weighted by molar-refractivity contribution is 5.95. The van der Waals surface area contributed by atoms with E-state index in [0.29, 0.717) is 12.0 Å². The van der Waals surface area contributed by atoms with Crippen molar-refractivity contribution in [1.29, 1.82) is 0 Å². The average molecular weight is 290 g/mol. The van der Waals surface area contributed by atoms with Gasteiger partial charge in [-0.25, -0.2) is 0 Å². The van der Waals surface area contributed by atoms with Crippen LogP contribution in [0.3, 0.4) is 0 Å². The fraction of sp³-hybridized carbons (Fsp3) is 0.529. The molecule has 1 aromatic rings. The summed E-state index contributed by atoms with van der Waals surface area (Å²) in [4.78, 5) is 23.2. The maximum Gasteiger partial charge on any atom is 0.251 e. The van der Waals surface area contributed by atoms with Crippen LogP contribution < -0.4 is 10.6 Å². The van der Waals surface area contributed by atoms with Gasteiger partial charge in [0.1, 0.15) is 0 Å². The molecule has 0 aliphatic heterocycles. The molecule has 0 bridgehead atoms. The number of nitrogens with one attached hydrogen (secondary N) is 2. The maximum atomic E-state index is 11.8. The third kappa shape index (κ3) is 6.93. The molecule has 0 atom stereocenters. The van der Waals surface area contributed by atoms with E-state index in [1.807, 2.05) is 0 Å². The molecule has 0 aliphatic rings. The summed E-state index contributed by atoms with van der Waals surface area (Å²) in [7, 11) is 1.60. The van der Waals surface area contributed by atoms with Crippen LogP contribution in [0.5, 0.6) is 0 Å². The molecule has 0 radical (unpaired) electrons. The number of hydrogen-bond donors (Lipinski definition) is 2. The highest BCUT2D eigenvalue weighted by Crippen LogP contribution is 2.11. The summed E-state index contributed by atoms with van der Waals surface area (Å²) in [6, 6.07) is 6.92. The van der Waals surface area contributed by atoms with Gasteiger partial charge in [0.05, 0.1) is 0 Å². The van der Waals surface area contributed by atoms with Crippen LogP contribution in [0.1, 0.15) is 62.2 Å². The minimum atomic E-state index is -0.125. The minimum Gasteiger partial charge on any atom is -0.355 e. The molecular formula is C17H26N2O2. The lowest BCUT2D eigenvalue weighted by Gasteiger charge is -2.06. The lowest BCUT2D eigenvalue weighted by molar-refractivity contribution is -0.116. The number of anilines is 1. The van der Waals surface area contributed by atoms with Crippen LogP contribution in [0, 0.1) is 0 Å². The van der Waals surface area contributed by atoms with Crippen LogP contribution in [-0.2, 0) is 4.79 Å². The van der Waals surface area contributed by atoms with E-state index >= 15 is 0 Å². The Morgan fingerprint density at radius 3 is 2.19 bits per heavy atom. The van der Waals surface area contributed by atoms with Gasteiger partial charge in [-0.2, -0.15) is 0 Å². The Morgan fingerprint density at radius 1 is 0.952 bits per heavy atom. The molecule has 2 N–H and O–H groups in total. The normalized spacial score (nSPS) is 10.2. The van der Waals surface area contributed by atoms with Crippen LogP contribution in [0.15, 0.2) is 24.3 Å². The van der Waals surface area contributed by atoms with Crippen molar-refractivity contribution in [2.75, 3.05) is 12.4 Å². The molecular weight excluding hydrogens is 264 g/mol. The minimum absolute atomic E-state index is 0.0400. The Bertz CT molecular complexity index is 441. The third-order valence-electron chi connectivity index (χ3n) is 3.42. The number of amides is 2. The van der Waals surface area contributed by atoms with E-state index in [9.17, 15) is 9.59 Å². The van der Waals surface area contributed by atoms with E-state index in [2.05, 4.69) is 17.6 Å². The Morgan fingerprint density at radius 2 is 1.57 bits per heavy atom. The zero-order valence-corrected chi connectivity index (χ0v) is 13.1. The summed E-state index contributed by atoms with van der Waals surface area (Å²) in [6.07, 6.45) is 7.61. The van der Waals surface area contributed by atoms with Gasteiger partial charge in [0, 0.05) is 24.7 Å². The van der Waals surface area contributed by atoms with Gasteiger partial charge in [-0.1, -0.05) is 39.0 Å². The van der Waals surface area contributed by atoms with E-state index in [1.165, 1.54) is 25.7 Å². The number of unbranched alkanes of at least 4 members (excludes halogenated alkanes) is 5. The van der Waals surface area contributed by atoms with Crippen molar-refractivity contribution in [2.24, 2.45) is 0 Å². The van der Waals surface area contributed by atoms with Gasteiger partial charge in [0.15, 0.2) is 0 Å². The molecule has 0 spiro atoms.